The second-order valence-corrected chi connectivity index (χ2v) is 4.97. The normalized spacial score (nSPS) is 10.0. The summed E-state index contributed by atoms with van der Waals surface area (Å²) in [5, 5.41) is 2.77. The lowest BCUT2D eigenvalue weighted by Gasteiger charge is -2.13. The molecule has 1 aromatic heterocycles. The molecule has 110 valence electrons. The summed E-state index contributed by atoms with van der Waals surface area (Å²) >= 11 is 3.38. The van der Waals surface area contributed by atoms with Gasteiger partial charge in [0.05, 0.1) is 30.1 Å². The van der Waals surface area contributed by atoms with Crippen LogP contribution in [-0.2, 0) is 0 Å². The number of halogens is 1. The molecule has 1 N–H and O–H groups in total. The first kappa shape index (κ1) is 15.3. The van der Waals surface area contributed by atoms with Gasteiger partial charge in [0.25, 0.3) is 5.91 Å². The number of hydrogen-bond donors (Lipinski definition) is 1. The monoisotopic (exact) mass is 350 g/mol. The predicted molar refractivity (Wildman–Crippen MR) is 84.1 cm³/mol. The zero-order valence-electron chi connectivity index (χ0n) is 11.7. The number of pyridine rings is 1. The van der Waals surface area contributed by atoms with Crippen LogP contribution in [0.25, 0.3) is 0 Å². The van der Waals surface area contributed by atoms with Crippen LogP contribution in [-0.4, -0.2) is 24.6 Å². The Balaban J connectivity index is 2.29. The first-order chi connectivity index (χ1) is 10.2. The van der Waals surface area contributed by atoms with E-state index in [2.05, 4.69) is 26.2 Å². The molecule has 0 radical (unpaired) electrons. The van der Waals surface area contributed by atoms with Crippen molar-refractivity contribution in [2.75, 3.05) is 19.0 Å². The van der Waals surface area contributed by atoms with Crippen molar-refractivity contribution in [1.82, 2.24) is 4.98 Å². The maximum Gasteiger partial charge on any atom is 0.255 e. The lowest BCUT2D eigenvalue weighted by Crippen LogP contribution is -2.12. The Morgan fingerprint density at radius 2 is 2.24 bits per heavy atom. The molecule has 0 atom stereocenters. The van der Waals surface area contributed by atoms with E-state index in [9.17, 15) is 4.79 Å². The van der Waals surface area contributed by atoms with E-state index in [1.807, 2.05) is 6.92 Å². The minimum atomic E-state index is -0.243. The topological polar surface area (TPSA) is 60.5 Å². The van der Waals surface area contributed by atoms with Gasteiger partial charge in [-0.05, 0) is 47.1 Å². The van der Waals surface area contributed by atoms with E-state index in [0.717, 1.165) is 0 Å². The third kappa shape index (κ3) is 3.72. The number of anilines is 1. The van der Waals surface area contributed by atoms with Gasteiger partial charge in [0.2, 0.25) is 0 Å². The van der Waals surface area contributed by atoms with Crippen LogP contribution in [0.2, 0.25) is 0 Å². The molecule has 2 rings (SSSR count). The zero-order valence-corrected chi connectivity index (χ0v) is 13.3. The van der Waals surface area contributed by atoms with Gasteiger partial charge in [0, 0.05) is 11.8 Å². The molecule has 0 aliphatic carbocycles. The summed E-state index contributed by atoms with van der Waals surface area (Å²) in [6, 6.07) is 6.87. The van der Waals surface area contributed by atoms with Crippen molar-refractivity contribution in [2.24, 2.45) is 0 Å². The first-order valence-electron chi connectivity index (χ1n) is 6.37. The Morgan fingerprint density at radius 1 is 1.43 bits per heavy atom. The largest absolute Gasteiger partial charge is 0.492 e. The number of rotatable bonds is 5. The Bertz CT molecular complexity index is 632. The number of ether oxygens (including phenoxy) is 2. The number of benzene rings is 1. The highest BCUT2D eigenvalue weighted by atomic mass is 79.9. The van der Waals surface area contributed by atoms with Crippen molar-refractivity contribution in [3.8, 4) is 11.5 Å². The average molecular weight is 351 g/mol. The Kier molecular flexibility index (Phi) is 5.16. The summed E-state index contributed by atoms with van der Waals surface area (Å²) in [4.78, 5) is 16.2. The fourth-order valence-corrected chi connectivity index (χ4v) is 2.40. The van der Waals surface area contributed by atoms with Gasteiger partial charge in [0.1, 0.15) is 0 Å². The number of aromatic nitrogens is 1. The van der Waals surface area contributed by atoms with Crippen LogP contribution in [0.1, 0.15) is 17.3 Å². The molecule has 1 amide bonds. The first-order valence-corrected chi connectivity index (χ1v) is 7.16. The smallest absolute Gasteiger partial charge is 0.255 e. The lowest BCUT2D eigenvalue weighted by molar-refractivity contribution is 0.102. The number of carbonyl (C=O) groups excluding carboxylic acids is 1. The van der Waals surface area contributed by atoms with Gasteiger partial charge in [0.15, 0.2) is 11.5 Å². The average Bonchev–Trinajstić information content (AvgIpc) is 2.48. The molecule has 1 heterocycles. The van der Waals surface area contributed by atoms with Crippen molar-refractivity contribution in [2.45, 2.75) is 6.92 Å². The fourth-order valence-electron chi connectivity index (χ4n) is 1.80. The van der Waals surface area contributed by atoms with E-state index in [-0.39, 0.29) is 5.91 Å². The van der Waals surface area contributed by atoms with Gasteiger partial charge in [-0.3, -0.25) is 9.78 Å². The zero-order chi connectivity index (χ0) is 15.2. The molecule has 0 unspecified atom stereocenters. The SMILES string of the molecule is CCOc1cc(C(=O)Nc2cccnc2)cc(Br)c1OC. The molecule has 0 spiro atoms. The molecule has 1 aromatic carbocycles. The van der Waals surface area contributed by atoms with E-state index in [0.29, 0.717) is 33.8 Å². The maximum absolute atomic E-state index is 12.3. The van der Waals surface area contributed by atoms with Crippen molar-refractivity contribution in [1.29, 1.82) is 0 Å². The van der Waals surface area contributed by atoms with Crippen LogP contribution in [0.5, 0.6) is 11.5 Å². The van der Waals surface area contributed by atoms with Crippen LogP contribution in [0.3, 0.4) is 0 Å². The fraction of sp³-hybridized carbons (Fsp3) is 0.200. The van der Waals surface area contributed by atoms with Crippen molar-refractivity contribution in [3.63, 3.8) is 0 Å². The highest BCUT2D eigenvalue weighted by Gasteiger charge is 2.15. The number of amides is 1. The number of nitrogens with one attached hydrogen (secondary N) is 1. The third-order valence-corrected chi connectivity index (χ3v) is 3.28. The van der Waals surface area contributed by atoms with E-state index in [1.165, 1.54) is 0 Å². The van der Waals surface area contributed by atoms with Gasteiger partial charge in [-0.2, -0.15) is 0 Å². The summed E-state index contributed by atoms with van der Waals surface area (Å²) < 4.78 is 11.4. The summed E-state index contributed by atoms with van der Waals surface area (Å²) in [5.41, 5.74) is 1.10. The quantitative estimate of drug-likeness (QED) is 0.896. The number of carbonyl (C=O) groups is 1. The van der Waals surface area contributed by atoms with Gasteiger partial charge < -0.3 is 14.8 Å². The van der Waals surface area contributed by atoms with Crippen LogP contribution < -0.4 is 14.8 Å². The Labute approximate surface area is 131 Å². The molecular formula is C15H15BrN2O3. The maximum atomic E-state index is 12.3. The van der Waals surface area contributed by atoms with Crippen molar-refractivity contribution in [3.05, 3.63) is 46.7 Å². The van der Waals surface area contributed by atoms with Crippen LogP contribution in [0, 0.1) is 0 Å². The minimum Gasteiger partial charge on any atom is -0.492 e. The van der Waals surface area contributed by atoms with Gasteiger partial charge >= 0.3 is 0 Å². The van der Waals surface area contributed by atoms with Gasteiger partial charge in [-0.25, -0.2) is 0 Å². The molecule has 0 bridgehead atoms. The lowest BCUT2D eigenvalue weighted by atomic mass is 10.2. The summed E-state index contributed by atoms with van der Waals surface area (Å²) in [7, 11) is 1.55. The van der Waals surface area contributed by atoms with Gasteiger partial charge in [-0.1, -0.05) is 0 Å². The second-order valence-electron chi connectivity index (χ2n) is 4.12. The van der Waals surface area contributed by atoms with E-state index >= 15 is 0 Å². The van der Waals surface area contributed by atoms with Crippen LogP contribution in [0.15, 0.2) is 41.1 Å². The summed E-state index contributed by atoms with van der Waals surface area (Å²) in [6.07, 6.45) is 3.23. The number of hydrogen-bond acceptors (Lipinski definition) is 4. The highest BCUT2D eigenvalue weighted by molar-refractivity contribution is 9.10. The van der Waals surface area contributed by atoms with E-state index in [1.54, 1.807) is 43.8 Å². The molecule has 0 saturated carbocycles. The summed E-state index contributed by atoms with van der Waals surface area (Å²) in [5.74, 6) is 0.841. The Morgan fingerprint density at radius 3 is 2.86 bits per heavy atom. The molecule has 6 heteroatoms. The van der Waals surface area contributed by atoms with Gasteiger partial charge in [-0.15, -0.1) is 0 Å². The molecular weight excluding hydrogens is 336 g/mol. The highest BCUT2D eigenvalue weighted by Crippen LogP contribution is 2.36. The standard InChI is InChI=1S/C15H15BrN2O3/c1-3-21-13-8-10(7-12(16)14(13)20-2)15(19)18-11-5-4-6-17-9-11/h4-9H,3H2,1-2H3,(H,18,19). The second kappa shape index (κ2) is 7.08. The molecule has 2 aromatic rings. The molecule has 21 heavy (non-hydrogen) atoms. The molecule has 0 saturated heterocycles. The van der Waals surface area contributed by atoms with Crippen molar-refractivity contribution >= 4 is 27.5 Å². The number of methoxy groups -OCH3 is 1. The molecule has 5 nitrogen and oxygen atoms in total. The predicted octanol–water partition coefficient (Wildman–Crippen LogP) is 3.50. The molecule has 0 fully saturated rings. The molecule has 0 aliphatic heterocycles. The summed E-state index contributed by atoms with van der Waals surface area (Å²) in [6.45, 7) is 2.35. The van der Waals surface area contributed by atoms with E-state index < -0.39 is 0 Å². The van der Waals surface area contributed by atoms with Crippen LogP contribution >= 0.6 is 15.9 Å². The van der Waals surface area contributed by atoms with Crippen molar-refractivity contribution < 1.29 is 14.3 Å². The van der Waals surface area contributed by atoms with E-state index in [4.69, 9.17) is 9.47 Å². The Hall–Kier alpha value is -2.08. The van der Waals surface area contributed by atoms with Crippen LogP contribution in [0.4, 0.5) is 5.69 Å². The third-order valence-electron chi connectivity index (χ3n) is 2.70. The number of nitrogens with zero attached hydrogens (tertiary/aromatic N) is 1. The molecule has 0 aliphatic rings. The minimum absolute atomic E-state index is 0.243.